The highest BCUT2D eigenvalue weighted by Gasteiger charge is 2.47. The standard InChI is InChI=1S/C26H27N5O4/c32-22(27-15-18-9-3-1-4-10-18)16-30-21-14-8-7-13-20(21)25(33)31(26(30)34)17-23-28-24(29-35-23)19-11-5-2-6-12-19/h1-6,9-12,20-21H,7-8,13-17H2,(H,27,32). The number of aromatic nitrogens is 2. The molecule has 2 aliphatic rings. The summed E-state index contributed by atoms with van der Waals surface area (Å²) in [6.45, 7) is 0.154. The van der Waals surface area contributed by atoms with Gasteiger partial charge in [0.15, 0.2) is 0 Å². The zero-order valence-electron chi connectivity index (χ0n) is 19.3. The maximum atomic E-state index is 13.4. The fourth-order valence-corrected chi connectivity index (χ4v) is 4.86. The normalized spacial score (nSPS) is 20.0. The molecule has 35 heavy (non-hydrogen) atoms. The first kappa shape index (κ1) is 22.8. The molecule has 1 aliphatic carbocycles. The number of amides is 4. The third kappa shape index (κ3) is 4.94. The highest BCUT2D eigenvalue weighted by molar-refractivity contribution is 6.00. The molecule has 0 radical (unpaired) electrons. The maximum absolute atomic E-state index is 13.4. The highest BCUT2D eigenvalue weighted by atomic mass is 16.5. The number of carbonyl (C=O) groups excluding carboxylic acids is 3. The Labute approximate surface area is 203 Å². The van der Waals surface area contributed by atoms with Crippen molar-refractivity contribution in [2.45, 2.75) is 44.8 Å². The van der Waals surface area contributed by atoms with E-state index >= 15 is 0 Å². The Balaban J connectivity index is 1.31. The van der Waals surface area contributed by atoms with Crippen molar-refractivity contribution in [3.8, 4) is 11.4 Å². The number of hydrogen-bond acceptors (Lipinski definition) is 6. The third-order valence-electron chi connectivity index (χ3n) is 6.63. The van der Waals surface area contributed by atoms with Crippen molar-refractivity contribution in [2.75, 3.05) is 6.54 Å². The van der Waals surface area contributed by atoms with Crippen molar-refractivity contribution < 1.29 is 18.9 Å². The van der Waals surface area contributed by atoms with Crippen LogP contribution in [0.15, 0.2) is 65.2 Å². The summed E-state index contributed by atoms with van der Waals surface area (Å²) < 4.78 is 5.35. The largest absolute Gasteiger partial charge is 0.350 e. The topological polar surface area (TPSA) is 109 Å². The minimum atomic E-state index is -0.493. The summed E-state index contributed by atoms with van der Waals surface area (Å²) in [6, 6.07) is 18.2. The monoisotopic (exact) mass is 473 g/mol. The molecule has 4 amide bonds. The van der Waals surface area contributed by atoms with Crippen LogP contribution in [0.5, 0.6) is 0 Å². The van der Waals surface area contributed by atoms with Gasteiger partial charge in [0.05, 0.1) is 5.92 Å². The summed E-state index contributed by atoms with van der Waals surface area (Å²) >= 11 is 0. The molecule has 2 aromatic carbocycles. The lowest BCUT2D eigenvalue weighted by Gasteiger charge is -2.46. The summed E-state index contributed by atoms with van der Waals surface area (Å²) in [5, 5.41) is 6.87. The summed E-state index contributed by atoms with van der Waals surface area (Å²) in [6.07, 6.45) is 3.24. The van der Waals surface area contributed by atoms with Crippen LogP contribution in [0, 0.1) is 5.92 Å². The van der Waals surface area contributed by atoms with E-state index in [1.54, 1.807) is 4.90 Å². The number of hydrogen-bond donors (Lipinski definition) is 1. The molecule has 2 unspecified atom stereocenters. The molecule has 9 heteroatoms. The van der Waals surface area contributed by atoms with Crippen LogP contribution in [0.2, 0.25) is 0 Å². The van der Waals surface area contributed by atoms with Crippen molar-refractivity contribution in [3.05, 3.63) is 72.1 Å². The second-order valence-corrected chi connectivity index (χ2v) is 8.93. The Hall–Kier alpha value is -4.01. The van der Waals surface area contributed by atoms with Gasteiger partial charge in [-0.1, -0.05) is 78.7 Å². The van der Waals surface area contributed by atoms with Gasteiger partial charge in [0.25, 0.3) is 0 Å². The van der Waals surface area contributed by atoms with Crippen LogP contribution in [0.25, 0.3) is 11.4 Å². The Bertz CT molecular complexity index is 1200. The van der Waals surface area contributed by atoms with E-state index in [4.69, 9.17) is 4.52 Å². The van der Waals surface area contributed by atoms with E-state index in [9.17, 15) is 14.4 Å². The molecule has 1 saturated heterocycles. The predicted octanol–water partition coefficient (Wildman–Crippen LogP) is 3.38. The average Bonchev–Trinajstić information content (AvgIpc) is 3.38. The lowest BCUT2D eigenvalue weighted by atomic mass is 9.81. The number of benzene rings is 2. The second-order valence-electron chi connectivity index (χ2n) is 8.93. The molecule has 2 atom stereocenters. The van der Waals surface area contributed by atoms with E-state index in [-0.39, 0.29) is 42.8 Å². The van der Waals surface area contributed by atoms with Gasteiger partial charge in [0, 0.05) is 18.2 Å². The molecule has 0 bridgehead atoms. The zero-order valence-corrected chi connectivity index (χ0v) is 19.3. The number of carbonyl (C=O) groups is 3. The van der Waals surface area contributed by atoms with Crippen molar-refractivity contribution in [2.24, 2.45) is 5.92 Å². The molecule has 1 N–H and O–H groups in total. The van der Waals surface area contributed by atoms with Gasteiger partial charge in [0.1, 0.15) is 13.1 Å². The van der Waals surface area contributed by atoms with Crippen LogP contribution in [-0.2, 0) is 22.7 Å². The first-order chi connectivity index (χ1) is 17.1. The Morgan fingerprint density at radius 1 is 1.00 bits per heavy atom. The second kappa shape index (κ2) is 10.1. The predicted molar refractivity (Wildman–Crippen MR) is 126 cm³/mol. The van der Waals surface area contributed by atoms with Gasteiger partial charge in [-0.15, -0.1) is 0 Å². The average molecular weight is 474 g/mol. The first-order valence-corrected chi connectivity index (χ1v) is 11.9. The van der Waals surface area contributed by atoms with Gasteiger partial charge < -0.3 is 14.7 Å². The number of nitrogens with zero attached hydrogens (tertiary/aromatic N) is 4. The van der Waals surface area contributed by atoms with E-state index < -0.39 is 6.03 Å². The maximum Gasteiger partial charge on any atom is 0.327 e. The Morgan fingerprint density at radius 3 is 2.49 bits per heavy atom. The molecule has 180 valence electrons. The van der Waals surface area contributed by atoms with Crippen LogP contribution in [0.1, 0.15) is 37.1 Å². The van der Waals surface area contributed by atoms with E-state index in [0.29, 0.717) is 25.2 Å². The minimum Gasteiger partial charge on any atom is -0.350 e. The van der Waals surface area contributed by atoms with Crippen molar-refractivity contribution in [1.82, 2.24) is 25.3 Å². The summed E-state index contributed by atoms with van der Waals surface area (Å²) in [5.74, 6) is -0.261. The van der Waals surface area contributed by atoms with Crippen molar-refractivity contribution in [3.63, 3.8) is 0 Å². The number of nitrogens with one attached hydrogen (secondary N) is 1. The lowest BCUT2D eigenvalue weighted by molar-refractivity contribution is -0.143. The summed E-state index contributed by atoms with van der Waals surface area (Å²) in [7, 11) is 0. The molecule has 9 nitrogen and oxygen atoms in total. The van der Waals surface area contributed by atoms with E-state index in [0.717, 1.165) is 28.9 Å². The summed E-state index contributed by atoms with van der Waals surface area (Å²) in [5.41, 5.74) is 1.76. The van der Waals surface area contributed by atoms with Crippen molar-refractivity contribution in [1.29, 1.82) is 0 Å². The number of urea groups is 1. The number of rotatable bonds is 7. The molecule has 0 spiro atoms. The lowest BCUT2D eigenvalue weighted by Crippen LogP contribution is -2.63. The molecular formula is C26H27N5O4. The molecule has 2 fully saturated rings. The van der Waals surface area contributed by atoms with Crippen LogP contribution in [0.4, 0.5) is 4.79 Å². The molecule has 3 aromatic rings. The zero-order chi connectivity index (χ0) is 24.2. The quantitative estimate of drug-likeness (QED) is 0.564. The van der Waals surface area contributed by atoms with Crippen LogP contribution >= 0.6 is 0 Å². The van der Waals surface area contributed by atoms with Gasteiger partial charge in [-0.25, -0.2) is 4.79 Å². The molecule has 1 aromatic heterocycles. The number of imide groups is 1. The molecular weight excluding hydrogens is 446 g/mol. The Morgan fingerprint density at radius 2 is 1.71 bits per heavy atom. The highest BCUT2D eigenvalue weighted by Crippen LogP contribution is 2.35. The molecule has 1 saturated carbocycles. The van der Waals surface area contributed by atoms with Gasteiger partial charge in [-0.3, -0.25) is 14.5 Å². The van der Waals surface area contributed by atoms with Gasteiger partial charge in [0.2, 0.25) is 23.5 Å². The third-order valence-corrected chi connectivity index (χ3v) is 6.63. The van der Waals surface area contributed by atoms with Gasteiger partial charge >= 0.3 is 6.03 Å². The first-order valence-electron chi connectivity index (χ1n) is 11.9. The van der Waals surface area contributed by atoms with E-state index in [1.165, 1.54) is 0 Å². The van der Waals surface area contributed by atoms with Gasteiger partial charge in [-0.2, -0.15) is 4.98 Å². The fourth-order valence-electron chi connectivity index (χ4n) is 4.86. The number of fused-ring (bicyclic) bond motifs is 1. The molecule has 5 rings (SSSR count). The van der Waals surface area contributed by atoms with Crippen LogP contribution in [-0.4, -0.2) is 50.4 Å². The van der Waals surface area contributed by atoms with E-state index in [2.05, 4.69) is 15.5 Å². The van der Waals surface area contributed by atoms with E-state index in [1.807, 2.05) is 60.7 Å². The summed E-state index contributed by atoms with van der Waals surface area (Å²) in [4.78, 5) is 46.6. The fraction of sp³-hybridized carbons (Fsp3) is 0.346. The minimum absolute atomic E-state index is 0.101. The van der Waals surface area contributed by atoms with Crippen LogP contribution < -0.4 is 5.32 Å². The smallest absolute Gasteiger partial charge is 0.327 e. The van der Waals surface area contributed by atoms with Crippen LogP contribution in [0.3, 0.4) is 0 Å². The molecule has 1 aliphatic heterocycles. The van der Waals surface area contributed by atoms with Gasteiger partial charge in [-0.05, 0) is 18.4 Å². The SMILES string of the molecule is O=C(CN1C(=O)N(Cc2nc(-c3ccccc3)no2)C(=O)C2CCCCC21)NCc1ccccc1. The molecule has 2 heterocycles. The van der Waals surface area contributed by atoms with Crippen molar-refractivity contribution >= 4 is 17.8 Å². The Kier molecular flexibility index (Phi) is 6.56.